The highest BCUT2D eigenvalue weighted by molar-refractivity contribution is 5.81. The van der Waals surface area contributed by atoms with E-state index in [-0.39, 0.29) is 11.4 Å². The number of carbonyl (C=O) groups excluding carboxylic acids is 1. The van der Waals surface area contributed by atoms with Crippen molar-refractivity contribution in [2.75, 3.05) is 19.6 Å². The summed E-state index contributed by atoms with van der Waals surface area (Å²) in [7, 11) is 0. The van der Waals surface area contributed by atoms with E-state index in [1.807, 2.05) is 30.3 Å². The van der Waals surface area contributed by atoms with Gasteiger partial charge in [-0.05, 0) is 50.8 Å². The minimum Gasteiger partial charge on any atom is -0.353 e. The Hall–Kier alpha value is -1.39. The summed E-state index contributed by atoms with van der Waals surface area (Å²) < 4.78 is 0. The first-order valence-corrected chi connectivity index (χ1v) is 10.0. The van der Waals surface area contributed by atoms with Crippen LogP contribution in [0.3, 0.4) is 0 Å². The number of piperidine rings is 1. The first kappa shape index (κ1) is 18.4. The molecule has 1 unspecified atom stereocenters. The lowest BCUT2D eigenvalue weighted by Gasteiger charge is -2.48. The molecule has 25 heavy (non-hydrogen) atoms. The van der Waals surface area contributed by atoms with Gasteiger partial charge in [0.2, 0.25) is 5.91 Å². The van der Waals surface area contributed by atoms with Crippen LogP contribution in [0.1, 0.15) is 56.9 Å². The second-order valence-corrected chi connectivity index (χ2v) is 7.85. The van der Waals surface area contributed by atoms with Crippen LogP contribution in [0.5, 0.6) is 0 Å². The Bertz CT molecular complexity index is 533. The van der Waals surface area contributed by atoms with Crippen LogP contribution in [0.4, 0.5) is 0 Å². The fourth-order valence-electron chi connectivity index (χ4n) is 4.53. The lowest BCUT2D eigenvalue weighted by atomic mass is 9.79. The number of amides is 1. The number of rotatable bonds is 6. The molecule has 2 fully saturated rings. The molecule has 0 radical (unpaired) electrons. The largest absolute Gasteiger partial charge is 0.353 e. The van der Waals surface area contributed by atoms with Crippen LogP contribution in [0, 0.1) is 0 Å². The van der Waals surface area contributed by atoms with Gasteiger partial charge < -0.3 is 11.1 Å². The number of nitrogens with one attached hydrogen (secondary N) is 1. The van der Waals surface area contributed by atoms with Gasteiger partial charge in [-0.25, -0.2) is 0 Å². The number of nitrogens with zero attached hydrogens (tertiary/aromatic N) is 1. The molecule has 0 aromatic heterocycles. The normalized spacial score (nSPS) is 22.3. The van der Waals surface area contributed by atoms with Crippen molar-refractivity contribution in [1.29, 1.82) is 0 Å². The molecular formula is C21H33N3O. The molecule has 4 nitrogen and oxygen atoms in total. The van der Waals surface area contributed by atoms with E-state index >= 15 is 0 Å². The Morgan fingerprint density at radius 3 is 2.36 bits per heavy atom. The first-order valence-electron chi connectivity index (χ1n) is 10.0. The summed E-state index contributed by atoms with van der Waals surface area (Å²) in [6.07, 6.45) is 10.8. The summed E-state index contributed by atoms with van der Waals surface area (Å²) in [6, 6.07) is 9.57. The van der Waals surface area contributed by atoms with Gasteiger partial charge in [-0.2, -0.15) is 0 Å². The zero-order valence-electron chi connectivity index (χ0n) is 15.4. The number of hydrogen-bond acceptors (Lipinski definition) is 3. The topological polar surface area (TPSA) is 58.4 Å². The van der Waals surface area contributed by atoms with Crippen LogP contribution in [0.2, 0.25) is 0 Å². The van der Waals surface area contributed by atoms with Crippen molar-refractivity contribution in [2.45, 2.75) is 69.4 Å². The maximum absolute atomic E-state index is 12.6. The standard InChI is InChI=1S/C21H33N3O/c22-19(16-18-10-4-1-5-11-18)20(25)23-17-21(12-6-2-7-13-21)24-14-8-3-9-15-24/h1,4-5,10-11,19H,2-3,6-9,12-17,22H2,(H,23,25). The van der Waals surface area contributed by atoms with Gasteiger partial charge in [-0.3, -0.25) is 9.69 Å². The van der Waals surface area contributed by atoms with Crippen molar-refractivity contribution in [1.82, 2.24) is 10.2 Å². The Morgan fingerprint density at radius 1 is 1.04 bits per heavy atom. The lowest BCUT2D eigenvalue weighted by molar-refractivity contribution is -0.123. The van der Waals surface area contributed by atoms with E-state index in [0.717, 1.165) is 12.1 Å². The van der Waals surface area contributed by atoms with Crippen LogP contribution < -0.4 is 11.1 Å². The molecule has 4 heteroatoms. The number of likely N-dealkylation sites (tertiary alicyclic amines) is 1. The molecule has 1 aromatic rings. The van der Waals surface area contributed by atoms with Crippen molar-refractivity contribution in [3.8, 4) is 0 Å². The lowest BCUT2D eigenvalue weighted by Crippen LogP contribution is -2.59. The van der Waals surface area contributed by atoms with E-state index in [1.54, 1.807) is 0 Å². The smallest absolute Gasteiger partial charge is 0.237 e. The molecule has 1 aliphatic heterocycles. The Labute approximate surface area is 152 Å². The van der Waals surface area contributed by atoms with E-state index in [9.17, 15) is 4.79 Å². The average molecular weight is 344 g/mol. The number of benzene rings is 1. The zero-order valence-corrected chi connectivity index (χ0v) is 15.4. The number of hydrogen-bond donors (Lipinski definition) is 2. The summed E-state index contributed by atoms with van der Waals surface area (Å²) >= 11 is 0. The van der Waals surface area contributed by atoms with Crippen LogP contribution in [0.25, 0.3) is 0 Å². The molecular weight excluding hydrogens is 310 g/mol. The van der Waals surface area contributed by atoms with Crippen molar-refractivity contribution in [3.05, 3.63) is 35.9 Å². The molecule has 3 rings (SSSR count). The molecule has 3 N–H and O–H groups in total. The summed E-state index contributed by atoms with van der Waals surface area (Å²) in [5, 5.41) is 3.20. The fraction of sp³-hybridized carbons (Fsp3) is 0.667. The summed E-state index contributed by atoms with van der Waals surface area (Å²) in [6.45, 7) is 3.13. The second kappa shape index (κ2) is 8.81. The summed E-state index contributed by atoms with van der Waals surface area (Å²) in [5.41, 5.74) is 7.45. The molecule has 0 spiro atoms. The maximum Gasteiger partial charge on any atom is 0.237 e. The van der Waals surface area contributed by atoms with Gasteiger partial charge in [0.1, 0.15) is 0 Å². The van der Waals surface area contributed by atoms with Gasteiger partial charge in [0, 0.05) is 12.1 Å². The molecule has 1 aromatic carbocycles. The van der Waals surface area contributed by atoms with Crippen molar-refractivity contribution >= 4 is 5.91 Å². The zero-order chi connectivity index (χ0) is 17.5. The van der Waals surface area contributed by atoms with Gasteiger partial charge >= 0.3 is 0 Å². The third-order valence-electron chi connectivity index (χ3n) is 6.04. The van der Waals surface area contributed by atoms with E-state index in [4.69, 9.17) is 5.73 Å². The highest BCUT2D eigenvalue weighted by atomic mass is 16.2. The van der Waals surface area contributed by atoms with Crippen LogP contribution in [0.15, 0.2) is 30.3 Å². The van der Waals surface area contributed by atoms with E-state index in [1.165, 1.54) is 64.5 Å². The first-order chi connectivity index (χ1) is 12.2. The summed E-state index contributed by atoms with van der Waals surface area (Å²) in [4.78, 5) is 15.2. The monoisotopic (exact) mass is 343 g/mol. The molecule has 1 amide bonds. The average Bonchev–Trinajstić information content (AvgIpc) is 2.68. The van der Waals surface area contributed by atoms with Crippen LogP contribution in [-0.4, -0.2) is 42.0 Å². The van der Waals surface area contributed by atoms with E-state index in [0.29, 0.717) is 6.42 Å². The molecule has 1 heterocycles. The minimum atomic E-state index is -0.468. The molecule has 1 saturated carbocycles. The van der Waals surface area contributed by atoms with Gasteiger partial charge in [-0.15, -0.1) is 0 Å². The quantitative estimate of drug-likeness (QED) is 0.835. The highest BCUT2D eigenvalue weighted by Crippen LogP contribution is 2.35. The van der Waals surface area contributed by atoms with Crippen molar-refractivity contribution < 1.29 is 4.79 Å². The van der Waals surface area contributed by atoms with E-state index < -0.39 is 6.04 Å². The minimum absolute atomic E-state index is 0.00851. The SMILES string of the molecule is NC(Cc1ccccc1)C(=O)NCC1(N2CCCCC2)CCCCC1. The van der Waals surface area contributed by atoms with Crippen LogP contribution >= 0.6 is 0 Å². The van der Waals surface area contributed by atoms with E-state index in [2.05, 4.69) is 10.2 Å². The van der Waals surface area contributed by atoms with Gasteiger partial charge in [0.25, 0.3) is 0 Å². The second-order valence-electron chi connectivity index (χ2n) is 7.85. The number of nitrogens with two attached hydrogens (primary N) is 1. The molecule has 0 bridgehead atoms. The fourth-order valence-corrected chi connectivity index (χ4v) is 4.53. The van der Waals surface area contributed by atoms with Crippen LogP contribution in [-0.2, 0) is 11.2 Å². The highest BCUT2D eigenvalue weighted by Gasteiger charge is 2.38. The van der Waals surface area contributed by atoms with Gasteiger partial charge in [-0.1, -0.05) is 56.0 Å². The third kappa shape index (κ3) is 4.83. The predicted octanol–water partition coefficient (Wildman–Crippen LogP) is 2.86. The Balaban J connectivity index is 1.57. The number of carbonyl (C=O) groups is 1. The Kier molecular flexibility index (Phi) is 6.49. The molecule has 2 aliphatic rings. The molecule has 138 valence electrons. The van der Waals surface area contributed by atoms with Crippen molar-refractivity contribution in [2.24, 2.45) is 5.73 Å². The molecule has 1 atom stereocenters. The van der Waals surface area contributed by atoms with Crippen molar-refractivity contribution in [3.63, 3.8) is 0 Å². The van der Waals surface area contributed by atoms with Gasteiger partial charge in [0.15, 0.2) is 0 Å². The maximum atomic E-state index is 12.6. The molecule has 1 saturated heterocycles. The van der Waals surface area contributed by atoms with Gasteiger partial charge in [0.05, 0.1) is 6.04 Å². The third-order valence-corrected chi connectivity index (χ3v) is 6.04. The summed E-state index contributed by atoms with van der Waals surface area (Å²) in [5.74, 6) is -0.00851. The molecule has 1 aliphatic carbocycles. The Morgan fingerprint density at radius 2 is 1.68 bits per heavy atom. The predicted molar refractivity (Wildman–Crippen MR) is 102 cm³/mol.